The lowest BCUT2D eigenvalue weighted by molar-refractivity contribution is 0.0734. The van der Waals surface area contributed by atoms with Crippen LogP contribution < -0.4 is 4.74 Å². The second kappa shape index (κ2) is 5.66. The van der Waals surface area contributed by atoms with Crippen LogP contribution in [0.3, 0.4) is 0 Å². The first kappa shape index (κ1) is 13.2. The molecule has 0 bridgehead atoms. The van der Waals surface area contributed by atoms with Crippen LogP contribution in [0.1, 0.15) is 21.5 Å². The van der Waals surface area contributed by atoms with Crippen LogP contribution in [0.2, 0.25) is 0 Å². The van der Waals surface area contributed by atoms with Crippen molar-refractivity contribution in [3.8, 4) is 5.75 Å². The van der Waals surface area contributed by atoms with Crippen molar-refractivity contribution in [3.05, 3.63) is 89.2 Å². The molecule has 0 aromatic heterocycles. The first-order valence-corrected chi connectivity index (χ1v) is 6.75. The molecule has 0 radical (unpaired) electrons. The predicted molar refractivity (Wildman–Crippen MR) is 83.2 cm³/mol. The molecular weight excluding hydrogens is 260 g/mol. The van der Waals surface area contributed by atoms with Gasteiger partial charge in [-0.25, -0.2) is 4.79 Å². The lowest BCUT2D eigenvalue weighted by atomic mass is 10.1. The van der Waals surface area contributed by atoms with Gasteiger partial charge in [0, 0.05) is 5.57 Å². The van der Waals surface area contributed by atoms with E-state index in [9.17, 15) is 4.79 Å². The number of carbonyl (C=O) groups is 1. The molecule has 1 aliphatic carbocycles. The standard InChI is InChI=1S/C19H14O2/c1-14-5-4-8-18(13-14)21-19(20)17-11-9-16(10-12-17)15-6-2-3-7-15/h2-6,8-13H,1H3. The van der Waals surface area contributed by atoms with Crippen LogP contribution >= 0.6 is 0 Å². The highest BCUT2D eigenvalue weighted by Crippen LogP contribution is 2.19. The minimum absolute atomic E-state index is 0.348. The van der Waals surface area contributed by atoms with Crippen LogP contribution in [0.5, 0.6) is 5.75 Å². The van der Waals surface area contributed by atoms with Gasteiger partial charge >= 0.3 is 5.97 Å². The van der Waals surface area contributed by atoms with E-state index in [4.69, 9.17) is 4.74 Å². The Bertz CT molecular complexity index is 773. The van der Waals surface area contributed by atoms with Crippen LogP contribution in [0.15, 0.2) is 72.5 Å². The van der Waals surface area contributed by atoms with Gasteiger partial charge in [-0.1, -0.05) is 30.3 Å². The Morgan fingerprint density at radius 1 is 1.10 bits per heavy atom. The molecule has 0 N–H and O–H groups in total. The fourth-order valence-electron chi connectivity index (χ4n) is 2.14. The van der Waals surface area contributed by atoms with Crippen LogP contribution in [0, 0.1) is 6.92 Å². The zero-order chi connectivity index (χ0) is 14.7. The van der Waals surface area contributed by atoms with Crippen molar-refractivity contribution in [2.24, 2.45) is 0 Å². The molecule has 0 atom stereocenters. The molecule has 21 heavy (non-hydrogen) atoms. The summed E-state index contributed by atoms with van der Waals surface area (Å²) in [4.78, 5) is 12.1. The third-order valence-corrected chi connectivity index (χ3v) is 3.23. The number of allylic oxidation sites excluding steroid dienone is 3. The summed E-state index contributed by atoms with van der Waals surface area (Å²) in [7, 11) is 0. The van der Waals surface area contributed by atoms with Gasteiger partial charge in [-0.3, -0.25) is 0 Å². The fourth-order valence-corrected chi connectivity index (χ4v) is 2.14. The average molecular weight is 274 g/mol. The molecule has 2 heteroatoms. The maximum absolute atomic E-state index is 12.1. The number of hydrogen-bond donors (Lipinski definition) is 0. The van der Waals surface area contributed by atoms with Crippen molar-refractivity contribution < 1.29 is 9.53 Å². The molecule has 3 rings (SSSR count). The predicted octanol–water partition coefficient (Wildman–Crippen LogP) is 4.32. The van der Waals surface area contributed by atoms with Gasteiger partial charge in [0.15, 0.2) is 0 Å². The number of esters is 1. The molecule has 2 aromatic carbocycles. The van der Waals surface area contributed by atoms with Crippen molar-refractivity contribution >= 4 is 11.5 Å². The summed E-state index contributed by atoms with van der Waals surface area (Å²) in [6, 6.07) is 14.8. The molecule has 0 amide bonds. The van der Waals surface area contributed by atoms with Gasteiger partial charge in [0.25, 0.3) is 0 Å². The van der Waals surface area contributed by atoms with E-state index < -0.39 is 0 Å². The SMILES string of the molecule is Cc1cccc(OC(=O)c2ccc(C3=C=CC=C3)cc2)c1. The summed E-state index contributed by atoms with van der Waals surface area (Å²) in [6.45, 7) is 1.96. The van der Waals surface area contributed by atoms with Crippen LogP contribution in [-0.2, 0) is 0 Å². The number of hydrogen-bond acceptors (Lipinski definition) is 2. The first-order valence-electron chi connectivity index (χ1n) is 6.75. The summed E-state index contributed by atoms with van der Waals surface area (Å²) in [6.07, 6.45) is 5.80. The third kappa shape index (κ3) is 3.02. The highest BCUT2D eigenvalue weighted by molar-refractivity contribution is 5.91. The molecule has 0 fully saturated rings. The van der Waals surface area contributed by atoms with Gasteiger partial charge in [-0.2, -0.15) is 0 Å². The molecule has 102 valence electrons. The second-order valence-corrected chi connectivity index (χ2v) is 4.87. The number of ether oxygens (including phenoxy) is 1. The highest BCUT2D eigenvalue weighted by Gasteiger charge is 2.09. The van der Waals surface area contributed by atoms with Gasteiger partial charge in [0.1, 0.15) is 5.75 Å². The Morgan fingerprint density at radius 2 is 1.90 bits per heavy atom. The van der Waals surface area contributed by atoms with Gasteiger partial charge in [-0.15, -0.1) is 5.73 Å². The molecule has 0 aliphatic heterocycles. The van der Waals surface area contributed by atoms with Gasteiger partial charge in [0.2, 0.25) is 0 Å². The van der Waals surface area contributed by atoms with E-state index in [1.54, 1.807) is 18.2 Å². The maximum Gasteiger partial charge on any atom is 0.343 e. The zero-order valence-electron chi connectivity index (χ0n) is 11.7. The minimum Gasteiger partial charge on any atom is -0.423 e. The zero-order valence-corrected chi connectivity index (χ0v) is 11.7. The summed E-state index contributed by atoms with van der Waals surface area (Å²) in [5.41, 5.74) is 6.78. The first-order chi connectivity index (χ1) is 10.2. The Balaban J connectivity index is 1.76. The van der Waals surface area contributed by atoms with E-state index in [0.29, 0.717) is 11.3 Å². The lowest BCUT2D eigenvalue weighted by Crippen LogP contribution is -2.08. The molecule has 0 spiro atoms. The van der Waals surface area contributed by atoms with E-state index in [1.165, 1.54) is 0 Å². The van der Waals surface area contributed by atoms with E-state index in [0.717, 1.165) is 16.7 Å². The van der Waals surface area contributed by atoms with Crippen molar-refractivity contribution in [3.63, 3.8) is 0 Å². The Labute approximate surface area is 123 Å². The number of carbonyl (C=O) groups excluding carboxylic acids is 1. The van der Waals surface area contributed by atoms with Crippen molar-refractivity contribution in [2.75, 3.05) is 0 Å². The summed E-state index contributed by atoms with van der Waals surface area (Å²) in [5, 5.41) is 0. The fraction of sp³-hybridized carbons (Fsp3) is 0.0526. The summed E-state index contributed by atoms with van der Waals surface area (Å²) < 4.78 is 5.37. The monoisotopic (exact) mass is 274 g/mol. The molecule has 2 aromatic rings. The Kier molecular flexibility index (Phi) is 3.55. The van der Waals surface area contributed by atoms with Crippen molar-refractivity contribution in [1.82, 2.24) is 0 Å². The number of rotatable bonds is 3. The molecule has 0 heterocycles. The highest BCUT2D eigenvalue weighted by atomic mass is 16.5. The lowest BCUT2D eigenvalue weighted by Gasteiger charge is -2.06. The molecule has 2 nitrogen and oxygen atoms in total. The van der Waals surface area contributed by atoms with Crippen LogP contribution in [0.4, 0.5) is 0 Å². The smallest absolute Gasteiger partial charge is 0.343 e. The quantitative estimate of drug-likeness (QED) is 0.473. The van der Waals surface area contributed by atoms with Crippen LogP contribution in [0.25, 0.3) is 5.57 Å². The van der Waals surface area contributed by atoms with Gasteiger partial charge < -0.3 is 4.74 Å². The molecular formula is C19H14O2. The Morgan fingerprint density at radius 3 is 2.57 bits per heavy atom. The number of benzene rings is 2. The molecule has 0 saturated heterocycles. The third-order valence-electron chi connectivity index (χ3n) is 3.23. The van der Waals surface area contributed by atoms with E-state index in [2.05, 4.69) is 5.73 Å². The summed E-state index contributed by atoms with van der Waals surface area (Å²) >= 11 is 0. The maximum atomic E-state index is 12.1. The largest absolute Gasteiger partial charge is 0.423 e. The second-order valence-electron chi connectivity index (χ2n) is 4.87. The van der Waals surface area contributed by atoms with Crippen molar-refractivity contribution in [1.29, 1.82) is 0 Å². The van der Waals surface area contributed by atoms with E-state index in [1.807, 2.05) is 55.5 Å². The van der Waals surface area contributed by atoms with E-state index in [-0.39, 0.29) is 5.97 Å². The molecule has 1 aliphatic rings. The topological polar surface area (TPSA) is 26.3 Å². The normalized spacial score (nSPS) is 12.3. The summed E-state index contributed by atoms with van der Waals surface area (Å²) in [5.74, 6) is 0.215. The van der Waals surface area contributed by atoms with Crippen LogP contribution in [-0.4, -0.2) is 5.97 Å². The minimum atomic E-state index is -0.348. The average Bonchev–Trinajstić information content (AvgIpc) is 3.01. The van der Waals surface area contributed by atoms with Gasteiger partial charge in [-0.05, 0) is 54.5 Å². The van der Waals surface area contributed by atoms with E-state index >= 15 is 0 Å². The Hall–Kier alpha value is -2.83. The molecule has 0 unspecified atom stereocenters. The van der Waals surface area contributed by atoms with Gasteiger partial charge in [0.05, 0.1) is 5.56 Å². The number of aryl methyl sites for hydroxylation is 1. The van der Waals surface area contributed by atoms with Crippen molar-refractivity contribution in [2.45, 2.75) is 6.92 Å². The molecule has 0 saturated carbocycles.